The van der Waals surface area contributed by atoms with Crippen LogP contribution in [0.15, 0.2) is 66.7 Å². The van der Waals surface area contributed by atoms with Gasteiger partial charge in [-0.2, -0.15) is 5.10 Å². The van der Waals surface area contributed by atoms with Crippen molar-refractivity contribution in [2.24, 2.45) is 5.92 Å². The highest BCUT2D eigenvalue weighted by Crippen LogP contribution is 2.31. The zero-order chi connectivity index (χ0) is 26.4. The van der Waals surface area contributed by atoms with Crippen LogP contribution in [0.25, 0.3) is 27.7 Å². The lowest BCUT2D eigenvalue weighted by Crippen LogP contribution is -2.39. The van der Waals surface area contributed by atoms with Gasteiger partial charge in [-0.3, -0.25) is 4.79 Å². The summed E-state index contributed by atoms with van der Waals surface area (Å²) in [5.41, 5.74) is 2.23. The van der Waals surface area contributed by atoms with Crippen LogP contribution in [0.4, 0.5) is 0 Å². The molecule has 6 nitrogen and oxygen atoms in total. The van der Waals surface area contributed by atoms with Crippen molar-refractivity contribution < 1.29 is 14.3 Å². The van der Waals surface area contributed by atoms with Crippen LogP contribution in [0.1, 0.15) is 33.1 Å². The molecule has 0 aliphatic heterocycles. The number of ether oxygens (including phenoxy) is 1. The molecule has 0 saturated heterocycles. The number of halogens is 2. The zero-order valence-corrected chi connectivity index (χ0v) is 22.3. The number of fused-ring (bicyclic) bond motifs is 1. The fourth-order valence-electron chi connectivity index (χ4n) is 4.15. The van der Waals surface area contributed by atoms with Gasteiger partial charge in [0.25, 0.3) is 0 Å². The first-order chi connectivity index (χ1) is 17.8. The smallest absolute Gasteiger partial charge is 0.223 e. The highest BCUT2D eigenvalue weighted by Gasteiger charge is 2.17. The summed E-state index contributed by atoms with van der Waals surface area (Å²) >= 11 is 12.5. The van der Waals surface area contributed by atoms with E-state index in [9.17, 15) is 9.59 Å². The van der Waals surface area contributed by atoms with E-state index in [0.717, 1.165) is 28.3 Å². The van der Waals surface area contributed by atoms with Crippen LogP contribution in [0.3, 0.4) is 0 Å². The summed E-state index contributed by atoms with van der Waals surface area (Å²) in [6.45, 7) is 4.22. The Bertz CT molecular complexity index is 1380. The number of benzene rings is 3. The number of aromatic nitrogens is 2. The van der Waals surface area contributed by atoms with Gasteiger partial charge in [-0.05, 0) is 53.4 Å². The van der Waals surface area contributed by atoms with Gasteiger partial charge >= 0.3 is 0 Å². The third-order valence-electron chi connectivity index (χ3n) is 6.14. The van der Waals surface area contributed by atoms with Gasteiger partial charge in [-0.15, -0.1) is 0 Å². The van der Waals surface area contributed by atoms with Gasteiger partial charge in [0.15, 0.2) is 0 Å². The predicted molar refractivity (Wildman–Crippen MR) is 149 cm³/mol. The van der Waals surface area contributed by atoms with Crippen LogP contribution in [-0.4, -0.2) is 34.6 Å². The number of hydrogen-bond donors (Lipinski definition) is 1. The summed E-state index contributed by atoms with van der Waals surface area (Å²) in [5.74, 6) is 0.602. The SMILES string of the molecule is CC(C)C(CCC=O)NC(=O)CCOc1cc(-c2cc(Cl)cc(Cl)c2)nn1-c1ccc2ccccc2c1. The molecule has 1 atom stereocenters. The first-order valence-corrected chi connectivity index (χ1v) is 13.0. The summed E-state index contributed by atoms with van der Waals surface area (Å²) in [7, 11) is 0. The number of amides is 1. The number of hydrogen-bond acceptors (Lipinski definition) is 4. The average molecular weight is 538 g/mol. The van der Waals surface area contributed by atoms with E-state index in [-0.39, 0.29) is 30.9 Å². The van der Waals surface area contributed by atoms with Crippen molar-refractivity contribution >= 4 is 46.2 Å². The summed E-state index contributed by atoms with van der Waals surface area (Å²) in [6, 6.07) is 21.2. The highest BCUT2D eigenvalue weighted by molar-refractivity contribution is 6.35. The lowest BCUT2D eigenvalue weighted by atomic mass is 9.99. The van der Waals surface area contributed by atoms with E-state index < -0.39 is 0 Å². The van der Waals surface area contributed by atoms with E-state index in [1.807, 2.05) is 56.3 Å². The Labute approximate surface area is 226 Å². The maximum Gasteiger partial charge on any atom is 0.223 e. The fourth-order valence-corrected chi connectivity index (χ4v) is 4.68. The van der Waals surface area contributed by atoms with Crippen LogP contribution in [0, 0.1) is 5.92 Å². The highest BCUT2D eigenvalue weighted by atomic mass is 35.5. The number of nitrogens with one attached hydrogen (secondary N) is 1. The molecule has 1 aromatic heterocycles. The first kappa shape index (κ1) is 26.7. The van der Waals surface area contributed by atoms with E-state index in [1.54, 1.807) is 22.9 Å². The third kappa shape index (κ3) is 6.90. The van der Waals surface area contributed by atoms with Crippen LogP contribution in [0.2, 0.25) is 10.0 Å². The van der Waals surface area contributed by atoms with Crippen LogP contribution in [0.5, 0.6) is 5.88 Å². The quantitative estimate of drug-likeness (QED) is 0.211. The van der Waals surface area contributed by atoms with Crippen molar-refractivity contribution in [3.8, 4) is 22.8 Å². The van der Waals surface area contributed by atoms with Gasteiger partial charge in [0.05, 0.1) is 24.4 Å². The van der Waals surface area contributed by atoms with Crippen molar-refractivity contribution in [2.75, 3.05) is 6.61 Å². The average Bonchev–Trinajstić information content (AvgIpc) is 3.29. The molecule has 0 radical (unpaired) electrons. The molecule has 0 bridgehead atoms. The van der Waals surface area contributed by atoms with Gasteiger partial charge in [0, 0.05) is 34.1 Å². The van der Waals surface area contributed by atoms with Crippen molar-refractivity contribution in [1.82, 2.24) is 15.1 Å². The van der Waals surface area contributed by atoms with Crippen LogP contribution < -0.4 is 10.1 Å². The third-order valence-corrected chi connectivity index (χ3v) is 6.57. The van der Waals surface area contributed by atoms with E-state index in [0.29, 0.717) is 34.5 Å². The van der Waals surface area contributed by atoms with Crippen LogP contribution in [-0.2, 0) is 9.59 Å². The van der Waals surface area contributed by atoms with Crippen LogP contribution >= 0.6 is 23.2 Å². The Morgan fingerprint density at radius 1 is 1.03 bits per heavy atom. The predicted octanol–water partition coefficient (Wildman–Crippen LogP) is 6.89. The number of aldehydes is 1. The summed E-state index contributed by atoms with van der Waals surface area (Å²) in [5, 5.41) is 11.0. The van der Waals surface area contributed by atoms with E-state index in [1.165, 1.54) is 0 Å². The van der Waals surface area contributed by atoms with E-state index >= 15 is 0 Å². The molecule has 0 fully saturated rings. The molecule has 0 spiro atoms. The lowest BCUT2D eigenvalue weighted by Gasteiger charge is -2.21. The molecule has 4 rings (SSSR count). The van der Waals surface area contributed by atoms with Crippen molar-refractivity contribution in [2.45, 2.75) is 39.2 Å². The largest absolute Gasteiger partial charge is 0.477 e. The lowest BCUT2D eigenvalue weighted by molar-refractivity contribution is -0.122. The fraction of sp³-hybridized carbons (Fsp3) is 0.276. The molecule has 1 N–H and O–H groups in total. The molecule has 4 aromatic rings. The second-order valence-corrected chi connectivity index (χ2v) is 10.1. The maximum atomic E-state index is 12.6. The number of rotatable bonds is 11. The maximum absolute atomic E-state index is 12.6. The molecular formula is C29H29Cl2N3O3. The Balaban J connectivity index is 1.57. The Kier molecular flexibility index (Phi) is 8.85. The van der Waals surface area contributed by atoms with Gasteiger partial charge in [-0.1, -0.05) is 67.4 Å². The van der Waals surface area contributed by atoms with Crippen molar-refractivity contribution in [1.29, 1.82) is 0 Å². The number of carbonyl (C=O) groups excluding carboxylic acids is 2. The molecule has 3 aromatic carbocycles. The molecule has 37 heavy (non-hydrogen) atoms. The van der Waals surface area contributed by atoms with E-state index in [4.69, 9.17) is 33.0 Å². The van der Waals surface area contributed by atoms with Gasteiger partial charge in [0.2, 0.25) is 11.8 Å². The Morgan fingerprint density at radius 2 is 1.76 bits per heavy atom. The van der Waals surface area contributed by atoms with Crippen molar-refractivity contribution in [3.63, 3.8) is 0 Å². The second-order valence-electron chi connectivity index (χ2n) is 9.23. The molecule has 0 saturated carbocycles. The summed E-state index contributed by atoms with van der Waals surface area (Å²) < 4.78 is 7.80. The normalized spacial score (nSPS) is 12.0. The minimum Gasteiger partial charge on any atom is -0.477 e. The van der Waals surface area contributed by atoms with E-state index in [2.05, 4.69) is 11.4 Å². The first-order valence-electron chi connectivity index (χ1n) is 12.3. The molecule has 192 valence electrons. The van der Waals surface area contributed by atoms with Gasteiger partial charge in [0.1, 0.15) is 6.29 Å². The molecule has 1 heterocycles. The van der Waals surface area contributed by atoms with Gasteiger partial charge < -0.3 is 14.8 Å². The minimum atomic E-state index is -0.122. The molecule has 1 amide bonds. The number of carbonyl (C=O) groups is 2. The topological polar surface area (TPSA) is 73.2 Å². The zero-order valence-electron chi connectivity index (χ0n) is 20.8. The molecular weight excluding hydrogens is 509 g/mol. The standard InChI is InChI=1S/C29H29Cl2N3O3/c1-19(2)26(8-5-12-35)32-28(36)11-13-37-29-18-27(22-14-23(30)17-24(31)15-22)33-34(29)25-10-9-20-6-3-4-7-21(20)16-25/h3-4,6-7,9-10,12,14-19,26H,5,8,11,13H2,1-2H3,(H,32,36). The molecule has 8 heteroatoms. The van der Waals surface area contributed by atoms with Crippen molar-refractivity contribution in [3.05, 3.63) is 76.8 Å². The molecule has 0 aliphatic rings. The summed E-state index contributed by atoms with van der Waals surface area (Å²) in [4.78, 5) is 23.3. The monoisotopic (exact) mass is 537 g/mol. The minimum absolute atomic E-state index is 0.0555. The van der Waals surface area contributed by atoms with Gasteiger partial charge in [-0.25, -0.2) is 4.68 Å². The second kappa shape index (κ2) is 12.3. The molecule has 1 unspecified atom stereocenters. The summed E-state index contributed by atoms with van der Waals surface area (Å²) in [6.07, 6.45) is 2.09. The Hall–Kier alpha value is -3.35. The number of nitrogens with zero attached hydrogens (tertiary/aromatic N) is 2. The molecule has 0 aliphatic carbocycles. The Morgan fingerprint density at radius 3 is 2.46 bits per heavy atom.